The number of hydrogen-bond acceptors (Lipinski definition) is 1. The number of nitrogens with one attached hydrogen (secondary N) is 1. The molecule has 4 nitrogen and oxygen atoms in total. The third kappa shape index (κ3) is 3.49. The highest BCUT2D eigenvalue weighted by Gasteiger charge is 2.33. The molecule has 0 unspecified atom stereocenters. The minimum Gasteiger partial charge on any atom is -0.318 e. The van der Waals surface area contributed by atoms with E-state index >= 15 is 0 Å². The number of carbonyl (C=O) groups is 1. The summed E-state index contributed by atoms with van der Waals surface area (Å²) >= 11 is 6.33. The lowest BCUT2D eigenvalue weighted by atomic mass is 9.97. The molecule has 0 bridgehead atoms. The zero-order valence-corrected chi connectivity index (χ0v) is 17.9. The lowest BCUT2D eigenvalue weighted by molar-refractivity contribution is 0.194. The van der Waals surface area contributed by atoms with E-state index in [9.17, 15) is 4.79 Å². The largest absolute Gasteiger partial charge is 0.323 e. The summed E-state index contributed by atoms with van der Waals surface area (Å²) in [4.78, 5) is 15.5. The number of hydrogen-bond donors (Lipinski definition) is 1. The summed E-state index contributed by atoms with van der Waals surface area (Å²) < 4.78 is 2.19. The maximum absolute atomic E-state index is 13.7. The van der Waals surface area contributed by atoms with Crippen molar-refractivity contribution in [3.8, 4) is 5.69 Å². The molecule has 0 saturated carbocycles. The number of urea groups is 1. The van der Waals surface area contributed by atoms with Gasteiger partial charge in [-0.3, -0.25) is 0 Å². The van der Waals surface area contributed by atoms with Gasteiger partial charge in [-0.05, 0) is 53.9 Å². The van der Waals surface area contributed by atoms with Crippen molar-refractivity contribution in [1.82, 2.24) is 9.47 Å². The highest BCUT2D eigenvalue weighted by atomic mass is 35.5. The van der Waals surface area contributed by atoms with Crippen LogP contribution in [-0.4, -0.2) is 15.5 Å². The maximum atomic E-state index is 13.7. The second-order valence-corrected chi connectivity index (χ2v) is 8.14. The molecule has 0 saturated heterocycles. The lowest BCUT2D eigenvalue weighted by Crippen LogP contribution is -2.38. The van der Waals surface area contributed by atoms with E-state index in [1.54, 1.807) is 6.07 Å². The molecule has 1 aromatic heterocycles. The number of aromatic nitrogens is 1. The van der Waals surface area contributed by atoms with Crippen LogP contribution in [0.4, 0.5) is 10.5 Å². The second kappa shape index (κ2) is 7.97. The lowest BCUT2D eigenvalue weighted by Gasteiger charge is -2.32. The predicted molar refractivity (Wildman–Crippen MR) is 125 cm³/mol. The average Bonchev–Trinajstić information content (AvgIpc) is 3.21. The molecule has 4 aromatic rings. The molecule has 1 N–H and O–H groups in total. The number of carbonyl (C=O) groups excluding carboxylic acids is 1. The van der Waals surface area contributed by atoms with Gasteiger partial charge in [0.1, 0.15) is 6.04 Å². The normalized spacial score (nSPS) is 15.0. The van der Waals surface area contributed by atoms with Crippen molar-refractivity contribution in [1.29, 1.82) is 0 Å². The molecule has 2 amide bonds. The van der Waals surface area contributed by atoms with Gasteiger partial charge in [0.25, 0.3) is 0 Å². The summed E-state index contributed by atoms with van der Waals surface area (Å²) in [6.45, 7) is 2.57. The molecule has 154 valence electrons. The van der Waals surface area contributed by atoms with Gasteiger partial charge < -0.3 is 14.8 Å². The van der Waals surface area contributed by atoms with Crippen LogP contribution in [0.2, 0.25) is 5.02 Å². The van der Waals surface area contributed by atoms with Crippen LogP contribution in [0, 0.1) is 6.92 Å². The third-order valence-electron chi connectivity index (χ3n) is 5.82. The van der Waals surface area contributed by atoms with Crippen molar-refractivity contribution in [2.75, 3.05) is 5.32 Å². The number of amides is 2. The number of aryl methyl sites for hydroxylation is 1. The first-order chi connectivity index (χ1) is 15.1. The minimum atomic E-state index is -0.244. The molecule has 31 heavy (non-hydrogen) atoms. The van der Waals surface area contributed by atoms with Crippen LogP contribution >= 0.6 is 11.6 Å². The number of rotatable bonds is 2. The summed E-state index contributed by atoms with van der Waals surface area (Å²) in [6, 6.07) is 27.5. The Kier molecular flexibility index (Phi) is 5.00. The SMILES string of the molecule is Cc1ccccc1[C@H]1c2cccn2-c2ccccc2CN1C(=O)Nc1ccccc1Cl. The topological polar surface area (TPSA) is 37.3 Å². The molecule has 3 aromatic carbocycles. The Morgan fingerprint density at radius 2 is 1.68 bits per heavy atom. The minimum absolute atomic E-state index is 0.189. The molecule has 0 radical (unpaired) electrons. The van der Waals surface area contributed by atoms with Gasteiger partial charge in [0, 0.05) is 11.9 Å². The molecule has 1 atom stereocenters. The molecule has 5 rings (SSSR count). The van der Waals surface area contributed by atoms with Crippen LogP contribution in [0.15, 0.2) is 91.1 Å². The van der Waals surface area contributed by atoms with Crippen LogP contribution < -0.4 is 5.32 Å². The highest BCUT2D eigenvalue weighted by Crippen LogP contribution is 2.38. The second-order valence-electron chi connectivity index (χ2n) is 7.73. The quantitative estimate of drug-likeness (QED) is 0.385. The Morgan fingerprint density at radius 1 is 0.935 bits per heavy atom. The van der Waals surface area contributed by atoms with Gasteiger partial charge in [0.05, 0.1) is 22.9 Å². The zero-order chi connectivity index (χ0) is 21.4. The number of benzene rings is 3. The van der Waals surface area contributed by atoms with E-state index in [0.29, 0.717) is 17.3 Å². The summed E-state index contributed by atoms with van der Waals surface area (Å²) in [5.74, 6) is 0. The fourth-order valence-electron chi connectivity index (χ4n) is 4.31. The van der Waals surface area contributed by atoms with Gasteiger partial charge in [0.2, 0.25) is 0 Å². The van der Waals surface area contributed by atoms with Gasteiger partial charge >= 0.3 is 6.03 Å². The Bertz CT molecular complexity index is 1260. The molecule has 0 fully saturated rings. The summed E-state index contributed by atoms with van der Waals surface area (Å²) in [5, 5.41) is 3.54. The van der Waals surface area contributed by atoms with E-state index in [2.05, 4.69) is 53.3 Å². The first-order valence-corrected chi connectivity index (χ1v) is 10.6. The zero-order valence-electron chi connectivity index (χ0n) is 17.1. The number of nitrogens with zero attached hydrogens (tertiary/aromatic N) is 2. The Balaban J connectivity index is 1.66. The Labute approximate surface area is 186 Å². The van der Waals surface area contributed by atoms with Crippen molar-refractivity contribution < 1.29 is 4.79 Å². The van der Waals surface area contributed by atoms with Crippen molar-refractivity contribution in [3.63, 3.8) is 0 Å². The van der Waals surface area contributed by atoms with E-state index in [1.807, 2.05) is 53.4 Å². The predicted octanol–water partition coefficient (Wildman–Crippen LogP) is 6.58. The number of halogens is 1. The number of fused-ring (bicyclic) bond motifs is 3. The van der Waals surface area contributed by atoms with Crippen LogP contribution in [-0.2, 0) is 6.54 Å². The molecule has 5 heteroatoms. The van der Waals surface area contributed by atoms with E-state index in [0.717, 1.165) is 28.1 Å². The fraction of sp³-hybridized carbons (Fsp3) is 0.115. The van der Waals surface area contributed by atoms with E-state index in [4.69, 9.17) is 11.6 Å². The first kappa shape index (κ1) is 19.5. The van der Waals surface area contributed by atoms with Crippen LogP contribution in [0.5, 0.6) is 0 Å². The Morgan fingerprint density at radius 3 is 2.52 bits per heavy atom. The van der Waals surface area contributed by atoms with Crippen LogP contribution in [0.3, 0.4) is 0 Å². The first-order valence-electron chi connectivity index (χ1n) is 10.3. The van der Waals surface area contributed by atoms with Gasteiger partial charge in [-0.15, -0.1) is 0 Å². The van der Waals surface area contributed by atoms with Crippen molar-refractivity contribution in [3.05, 3.63) is 119 Å². The van der Waals surface area contributed by atoms with Gasteiger partial charge in [-0.2, -0.15) is 0 Å². The molecule has 1 aliphatic rings. The molecule has 1 aliphatic heterocycles. The van der Waals surface area contributed by atoms with Crippen molar-refractivity contribution in [2.45, 2.75) is 19.5 Å². The molecule has 0 aliphatic carbocycles. The molecular formula is C26H22ClN3O. The fourth-order valence-corrected chi connectivity index (χ4v) is 4.49. The highest BCUT2D eigenvalue weighted by molar-refractivity contribution is 6.33. The Hall–Kier alpha value is -3.50. The molecular weight excluding hydrogens is 406 g/mol. The molecule has 2 heterocycles. The monoisotopic (exact) mass is 427 g/mol. The molecule has 0 spiro atoms. The average molecular weight is 428 g/mol. The summed E-state index contributed by atoms with van der Waals surface area (Å²) in [5.41, 5.74) is 6.07. The summed E-state index contributed by atoms with van der Waals surface area (Å²) in [7, 11) is 0. The van der Waals surface area contributed by atoms with Gasteiger partial charge in [-0.25, -0.2) is 4.79 Å². The maximum Gasteiger partial charge on any atom is 0.323 e. The van der Waals surface area contributed by atoms with Crippen molar-refractivity contribution in [2.24, 2.45) is 0 Å². The van der Waals surface area contributed by atoms with Gasteiger partial charge in [0.15, 0.2) is 0 Å². The van der Waals surface area contributed by atoms with Crippen molar-refractivity contribution >= 4 is 23.3 Å². The number of para-hydroxylation sites is 2. The van der Waals surface area contributed by atoms with E-state index < -0.39 is 0 Å². The van der Waals surface area contributed by atoms with Crippen LogP contribution in [0.25, 0.3) is 5.69 Å². The van der Waals surface area contributed by atoms with Crippen LogP contribution in [0.1, 0.15) is 28.4 Å². The van der Waals surface area contributed by atoms with E-state index in [-0.39, 0.29) is 12.1 Å². The third-order valence-corrected chi connectivity index (χ3v) is 6.15. The standard InChI is InChI=1S/C26H22ClN3O/c1-18-9-2-4-11-20(18)25-24-15-8-16-29(24)23-14-7-3-10-19(23)17-30(25)26(31)28-22-13-6-5-12-21(22)27/h2-16,25H,17H2,1H3,(H,28,31)/t25-/m0/s1. The summed E-state index contributed by atoms with van der Waals surface area (Å²) in [6.07, 6.45) is 2.06. The number of anilines is 1. The van der Waals surface area contributed by atoms with Gasteiger partial charge in [-0.1, -0.05) is 66.2 Å². The smallest absolute Gasteiger partial charge is 0.318 e. The van der Waals surface area contributed by atoms with E-state index in [1.165, 1.54) is 0 Å².